The third-order valence-electron chi connectivity index (χ3n) is 5.67. The monoisotopic (exact) mass is 485 g/mol. The van der Waals surface area contributed by atoms with Crippen LogP contribution in [0, 0.1) is 12.7 Å². The molecule has 3 heterocycles. The maximum Gasteiger partial charge on any atom is 0.163 e. The summed E-state index contributed by atoms with van der Waals surface area (Å²) in [7, 11) is -3.83. The fourth-order valence-electron chi connectivity index (χ4n) is 3.92. The number of ether oxygens (including phenoxy) is 1. The topological polar surface area (TPSA) is 99.9 Å². The van der Waals surface area contributed by atoms with Gasteiger partial charge in [-0.15, -0.1) is 10.2 Å². The van der Waals surface area contributed by atoms with Crippen LogP contribution >= 0.6 is 0 Å². The van der Waals surface area contributed by atoms with E-state index in [1.165, 1.54) is 6.07 Å². The molecule has 10 heteroatoms. The first-order chi connectivity index (χ1) is 16.2. The Hall–Kier alpha value is -2.98. The predicted octanol–water partition coefficient (Wildman–Crippen LogP) is 3.93. The molecule has 180 valence electrons. The van der Waals surface area contributed by atoms with Crippen molar-refractivity contribution in [1.29, 1.82) is 0 Å². The fraction of sp³-hybridized carbons (Fsp3) is 0.417. The molecule has 1 aliphatic rings. The number of halogens is 1. The van der Waals surface area contributed by atoms with Crippen LogP contribution in [0.4, 0.5) is 4.39 Å². The molecule has 2 atom stereocenters. The second-order valence-corrected chi connectivity index (χ2v) is 11.1. The molecule has 0 radical (unpaired) electrons. The number of para-hydroxylation sites is 1. The fourth-order valence-corrected chi connectivity index (χ4v) is 5.29. The summed E-state index contributed by atoms with van der Waals surface area (Å²) in [6, 6.07) is 4.75. The van der Waals surface area contributed by atoms with E-state index in [9.17, 15) is 12.8 Å². The number of nitrogens with zero attached hydrogens (tertiary/aromatic N) is 5. The Labute approximate surface area is 198 Å². The van der Waals surface area contributed by atoms with Crippen molar-refractivity contribution in [2.75, 3.05) is 0 Å². The van der Waals surface area contributed by atoms with Crippen molar-refractivity contribution in [3.05, 3.63) is 71.1 Å². The minimum absolute atomic E-state index is 0.164. The number of rotatable bonds is 7. The van der Waals surface area contributed by atoms with Crippen LogP contribution in [-0.2, 0) is 26.7 Å². The number of benzene rings is 1. The van der Waals surface area contributed by atoms with Crippen LogP contribution in [0.15, 0.2) is 36.7 Å². The van der Waals surface area contributed by atoms with Gasteiger partial charge in [-0.05, 0) is 45.7 Å². The van der Waals surface area contributed by atoms with Gasteiger partial charge in [0.1, 0.15) is 23.5 Å². The predicted molar refractivity (Wildman–Crippen MR) is 126 cm³/mol. The minimum Gasteiger partial charge on any atom is -0.366 e. The van der Waals surface area contributed by atoms with Crippen molar-refractivity contribution >= 4 is 15.9 Å². The average Bonchev–Trinajstić information content (AvgIpc) is 3.13. The van der Waals surface area contributed by atoms with Gasteiger partial charge in [0, 0.05) is 24.4 Å². The summed E-state index contributed by atoms with van der Waals surface area (Å²) >= 11 is 0. The Morgan fingerprint density at radius 1 is 1.15 bits per heavy atom. The molecule has 0 aliphatic carbocycles. The minimum atomic E-state index is -3.83. The van der Waals surface area contributed by atoms with Crippen LogP contribution in [0.5, 0.6) is 0 Å². The van der Waals surface area contributed by atoms with Gasteiger partial charge in [0.05, 0.1) is 17.0 Å². The molecule has 1 aliphatic heterocycles. The molecule has 0 unspecified atom stereocenters. The van der Waals surface area contributed by atoms with Crippen LogP contribution in [0.25, 0.3) is 11.8 Å². The zero-order chi connectivity index (χ0) is 24.5. The molecule has 1 aromatic carbocycles. The molecule has 0 bridgehead atoms. The largest absolute Gasteiger partial charge is 0.366 e. The highest BCUT2D eigenvalue weighted by atomic mass is 32.2. The van der Waals surface area contributed by atoms with Gasteiger partial charge in [-0.1, -0.05) is 24.3 Å². The van der Waals surface area contributed by atoms with Crippen LogP contribution in [-0.4, -0.2) is 44.5 Å². The first-order valence-electron chi connectivity index (χ1n) is 11.2. The molecule has 0 saturated carbocycles. The molecule has 4 rings (SSSR count). The van der Waals surface area contributed by atoms with Crippen molar-refractivity contribution in [1.82, 2.24) is 24.7 Å². The molecular weight excluding hydrogens is 457 g/mol. The lowest BCUT2D eigenvalue weighted by Crippen LogP contribution is -2.32. The Kier molecular flexibility index (Phi) is 6.90. The standard InChI is InChI=1S/C24H28FN5O3S/c1-15(2)33-23(24-26-12-16(3)13-27-24)17(4)34(31,32)14-21-29-28-20-11-6-5-8-18-9-7-10-19(25)22(18)30(20)21/h5,7-10,12-13,15,17,23H,6,11,14H2,1-4H3/b8-5-/t17-,23+/m0/s1. The Bertz CT molecular complexity index is 1300. The van der Waals surface area contributed by atoms with Gasteiger partial charge in [-0.3, -0.25) is 4.57 Å². The third kappa shape index (κ3) is 4.92. The van der Waals surface area contributed by atoms with Gasteiger partial charge in [0.15, 0.2) is 21.5 Å². The lowest BCUT2D eigenvalue weighted by molar-refractivity contribution is 0.00141. The van der Waals surface area contributed by atoms with E-state index in [1.807, 2.05) is 32.9 Å². The average molecular weight is 486 g/mol. The Balaban J connectivity index is 1.73. The number of aryl methyl sites for hydroxylation is 2. The van der Waals surface area contributed by atoms with Gasteiger partial charge in [-0.2, -0.15) is 0 Å². The summed E-state index contributed by atoms with van der Waals surface area (Å²) in [5, 5.41) is 7.38. The first kappa shape index (κ1) is 24.2. The quantitative estimate of drug-likeness (QED) is 0.500. The molecule has 8 nitrogen and oxygen atoms in total. The molecule has 2 aromatic heterocycles. The maximum absolute atomic E-state index is 14.9. The molecular formula is C24H28FN5O3S. The van der Waals surface area contributed by atoms with Crippen molar-refractivity contribution < 1.29 is 17.5 Å². The van der Waals surface area contributed by atoms with Gasteiger partial charge in [-0.25, -0.2) is 22.8 Å². The van der Waals surface area contributed by atoms with E-state index < -0.39 is 32.8 Å². The van der Waals surface area contributed by atoms with Crippen molar-refractivity contribution in [2.24, 2.45) is 0 Å². The lowest BCUT2D eigenvalue weighted by Gasteiger charge is -2.25. The van der Waals surface area contributed by atoms with Gasteiger partial charge in [0.25, 0.3) is 0 Å². The lowest BCUT2D eigenvalue weighted by atomic mass is 10.1. The smallest absolute Gasteiger partial charge is 0.163 e. The summed E-state index contributed by atoms with van der Waals surface area (Å²) in [4.78, 5) is 8.61. The van der Waals surface area contributed by atoms with E-state index in [1.54, 1.807) is 36.0 Å². The van der Waals surface area contributed by atoms with Crippen LogP contribution < -0.4 is 0 Å². The van der Waals surface area contributed by atoms with Crippen molar-refractivity contribution in [2.45, 2.75) is 63.7 Å². The van der Waals surface area contributed by atoms with Crippen LogP contribution in [0.3, 0.4) is 0 Å². The highest BCUT2D eigenvalue weighted by molar-refractivity contribution is 7.91. The van der Waals surface area contributed by atoms with Crippen molar-refractivity contribution in [3.8, 4) is 5.69 Å². The number of sulfone groups is 1. The van der Waals surface area contributed by atoms with Crippen LogP contribution in [0.2, 0.25) is 0 Å². The van der Waals surface area contributed by atoms with Gasteiger partial charge >= 0.3 is 0 Å². The summed E-state index contributed by atoms with van der Waals surface area (Å²) in [5.74, 6) is 0.0870. The number of hydrogen-bond donors (Lipinski definition) is 0. The molecule has 0 amide bonds. The molecule has 3 aromatic rings. The molecule has 34 heavy (non-hydrogen) atoms. The molecule has 0 N–H and O–H groups in total. The summed E-state index contributed by atoms with van der Waals surface area (Å²) in [6.07, 6.45) is 7.14. The van der Waals surface area contributed by atoms with E-state index in [4.69, 9.17) is 4.74 Å². The summed E-state index contributed by atoms with van der Waals surface area (Å²) in [6.45, 7) is 7.09. The number of fused-ring (bicyclic) bond motifs is 3. The number of allylic oxidation sites excluding steroid dienone is 1. The normalized spacial score (nSPS) is 16.3. The summed E-state index contributed by atoms with van der Waals surface area (Å²) in [5.41, 5.74) is 1.76. The maximum atomic E-state index is 14.9. The zero-order valence-corrected chi connectivity index (χ0v) is 20.5. The number of aromatic nitrogens is 5. The second kappa shape index (κ2) is 9.71. The molecule has 0 fully saturated rings. The van der Waals surface area contributed by atoms with E-state index in [2.05, 4.69) is 20.2 Å². The van der Waals surface area contributed by atoms with E-state index >= 15 is 0 Å². The summed E-state index contributed by atoms with van der Waals surface area (Å²) < 4.78 is 49.6. The second-order valence-electron chi connectivity index (χ2n) is 8.72. The van der Waals surface area contributed by atoms with Crippen molar-refractivity contribution in [3.63, 3.8) is 0 Å². The first-order valence-corrected chi connectivity index (χ1v) is 12.9. The Morgan fingerprint density at radius 3 is 2.59 bits per heavy atom. The van der Waals surface area contributed by atoms with Gasteiger partial charge < -0.3 is 4.74 Å². The highest BCUT2D eigenvalue weighted by Gasteiger charge is 2.36. The SMILES string of the molecule is Cc1cnc([C@H](OC(C)C)[C@H](C)S(=O)(=O)Cc2nnc3n2-c2c(F)cccc2/C=C\CC3)nc1. The van der Waals surface area contributed by atoms with Crippen LogP contribution in [0.1, 0.15) is 61.9 Å². The van der Waals surface area contributed by atoms with E-state index in [0.29, 0.717) is 30.1 Å². The Morgan fingerprint density at radius 2 is 1.88 bits per heavy atom. The zero-order valence-electron chi connectivity index (χ0n) is 19.6. The number of hydrogen-bond acceptors (Lipinski definition) is 7. The van der Waals surface area contributed by atoms with Gasteiger partial charge in [0.2, 0.25) is 0 Å². The molecule has 0 saturated heterocycles. The molecule has 0 spiro atoms. The van der Waals surface area contributed by atoms with E-state index in [-0.39, 0.29) is 17.6 Å². The highest BCUT2D eigenvalue weighted by Crippen LogP contribution is 2.30. The van der Waals surface area contributed by atoms with E-state index in [0.717, 1.165) is 5.56 Å². The third-order valence-corrected chi connectivity index (χ3v) is 7.71.